The van der Waals surface area contributed by atoms with Gasteiger partial charge in [-0.25, -0.2) is 0 Å². The number of allylic oxidation sites excluding steroid dienone is 1. The molecule has 1 saturated carbocycles. The second-order valence-corrected chi connectivity index (χ2v) is 4.57. The molecule has 1 fully saturated rings. The Morgan fingerprint density at radius 1 is 1.69 bits per heavy atom. The number of hydrogen-bond donors (Lipinski definition) is 0. The number of carbonyl (C=O) groups excluding carboxylic acids is 2. The maximum absolute atomic E-state index is 12.1. The van der Waals surface area contributed by atoms with E-state index in [0.29, 0.717) is 31.8 Å². The van der Waals surface area contributed by atoms with Gasteiger partial charge in [-0.15, -0.1) is 6.58 Å². The molecule has 2 unspecified atom stereocenters. The van der Waals surface area contributed by atoms with E-state index in [2.05, 4.69) is 6.58 Å². The van der Waals surface area contributed by atoms with Gasteiger partial charge in [0.25, 0.3) is 0 Å². The minimum Gasteiger partial charge on any atom is -0.465 e. The van der Waals surface area contributed by atoms with E-state index in [1.165, 1.54) is 0 Å². The molecule has 0 aliphatic heterocycles. The SMILES string of the molecule is C=CCC1(C(=O)OCC)CCC(C)CC1=O. The Kier molecular flexibility index (Phi) is 4.27. The van der Waals surface area contributed by atoms with Crippen LogP contribution in [0, 0.1) is 11.3 Å². The van der Waals surface area contributed by atoms with Gasteiger partial charge in [0, 0.05) is 6.42 Å². The molecule has 0 spiro atoms. The van der Waals surface area contributed by atoms with Crippen molar-refractivity contribution in [2.24, 2.45) is 11.3 Å². The first kappa shape index (κ1) is 12.9. The molecule has 0 bridgehead atoms. The van der Waals surface area contributed by atoms with Gasteiger partial charge in [-0.05, 0) is 32.1 Å². The smallest absolute Gasteiger partial charge is 0.319 e. The Balaban J connectivity index is 2.91. The van der Waals surface area contributed by atoms with E-state index in [4.69, 9.17) is 4.74 Å². The lowest BCUT2D eigenvalue weighted by Gasteiger charge is -2.34. The largest absolute Gasteiger partial charge is 0.465 e. The Morgan fingerprint density at radius 3 is 2.88 bits per heavy atom. The summed E-state index contributed by atoms with van der Waals surface area (Å²) in [6, 6.07) is 0. The quantitative estimate of drug-likeness (QED) is 0.418. The standard InChI is InChI=1S/C13H20O3/c1-4-7-13(12(15)16-5-2)8-6-10(3)9-11(13)14/h4,10H,1,5-9H2,2-3H3. The Morgan fingerprint density at radius 2 is 2.38 bits per heavy atom. The van der Waals surface area contributed by atoms with E-state index < -0.39 is 5.41 Å². The summed E-state index contributed by atoms with van der Waals surface area (Å²) in [6.07, 6.45) is 4.02. The van der Waals surface area contributed by atoms with Gasteiger partial charge in [-0.3, -0.25) is 9.59 Å². The third-order valence-corrected chi connectivity index (χ3v) is 3.29. The van der Waals surface area contributed by atoms with Crippen LogP contribution in [0.5, 0.6) is 0 Å². The normalized spacial score (nSPS) is 29.9. The predicted molar refractivity (Wildman–Crippen MR) is 61.9 cm³/mol. The van der Waals surface area contributed by atoms with Crippen molar-refractivity contribution in [3.8, 4) is 0 Å². The highest BCUT2D eigenvalue weighted by molar-refractivity contribution is 6.04. The molecule has 1 aliphatic carbocycles. The zero-order chi connectivity index (χ0) is 12.2. The van der Waals surface area contributed by atoms with E-state index in [-0.39, 0.29) is 11.8 Å². The molecule has 0 radical (unpaired) electrons. The molecular weight excluding hydrogens is 204 g/mol. The van der Waals surface area contributed by atoms with Crippen LogP contribution >= 0.6 is 0 Å². The second-order valence-electron chi connectivity index (χ2n) is 4.57. The summed E-state index contributed by atoms with van der Waals surface area (Å²) in [5.74, 6) is 0.0243. The molecule has 1 rings (SSSR count). The van der Waals surface area contributed by atoms with Crippen molar-refractivity contribution >= 4 is 11.8 Å². The third kappa shape index (κ3) is 2.34. The van der Waals surface area contributed by atoms with Crippen molar-refractivity contribution in [3.63, 3.8) is 0 Å². The number of rotatable bonds is 4. The van der Waals surface area contributed by atoms with Crippen molar-refractivity contribution < 1.29 is 14.3 Å². The summed E-state index contributed by atoms with van der Waals surface area (Å²) in [7, 11) is 0. The zero-order valence-electron chi connectivity index (χ0n) is 10.1. The minimum absolute atomic E-state index is 0.0181. The molecule has 0 saturated heterocycles. The van der Waals surface area contributed by atoms with Crippen LogP contribution < -0.4 is 0 Å². The molecule has 0 aromatic heterocycles. The van der Waals surface area contributed by atoms with Crippen molar-refractivity contribution in [3.05, 3.63) is 12.7 Å². The van der Waals surface area contributed by atoms with Gasteiger partial charge in [-0.2, -0.15) is 0 Å². The van der Waals surface area contributed by atoms with Crippen molar-refractivity contribution in [2.45, 2.75) is 39.5 Å². The molecule has 3 heteroatoms. The molecule has 16 heavy (non-hydrogen) atoms. The zero-order valence-corrected chi connectivity index (χ0v) is 10.1. The summed E-state index contributed by atoms with van der Waals surface area (Å²) in [5, 5.41) is 0. The van der Waals surface area contributed by atoms with Crippen LogP contribution in [0.2, 0.25) is 0 Å². The lowest BCUT2D eigenvalue weighted by Crippen LogP contribution is -2.44. The highest BCUT2D eigenvalue weighted by atomic mass is 16.5. The fourth-order valence-electron chi connectivity index (χ4n) is 2.28. The number of esters is 1. The first-order valence-electron chi connectivity index (χ1n) is 5.88. The van der Waals surface area contributed by atoms with Crippen molar-refractivity contribution in [2.75, 3.05) is 6.61 Å². The Hall–Kier alpha value is -1.12. The summed E-state index contributed by atoms with van der Waals surface area (Å²) in [6.45, 7) is 7.76. The molecular formula is C13H20O3. The van der Waals surface area contributed by atoms with Crippen LogP contribution in [0.1, 0.15) is 39.5 Å². The molecule has 0 amide bonds. The summed E-state index contributed by atoms with van der Waals surface area (Å²) >= 11 is 0. The predicted octanol–water partition coefficient (Wildman–Crippen LogP) is 2.50. The van der Waals surface area contributed by atoms with E-state index >= 15 is 0 Å². The van der Waals surface area contributed by atoms with E-state index in [1.807, 2.05) is 6.92 Å². The van der Waals surface area contributed by atoms with Crippen molar-refractivity contribution in [1.29, 1.82) is 0 Å². The molecule has 1 aliphatic rings. The molecule has 0 N–H and O–H groups in total. The molecule has 0 aromatic carbocycles. The van der Waals surface area contributed by atoms with Crippen LogP contribution in [-0.2, 0) is 14.3 Å². The summed E-state index contributed by atoms with van der Waals surface area (Å²) in [4.78, 5) is 24.0. The summed E-state index contributed by atoms with van der Waals surface area (Å²) < 4.78 is 5.04. The first-order valence-corrected chi connectivity index (χ1v) is 5.88. The van der Waals surface area contributed by atoms with Crippen LogP contribution in [0.15, 0.2) is 12.7 Å². The molecule has 90 valence electrons. The van der Waals surface area contributed by atoms with Crippen LogP contribution in [0.3, 0.4) is 0 Å². The van der Waals surface area contributed by atoms with Gasteiger partial charge < -0.3 is 4.74 Å². The molecule has 3 nitrogen and oxygen atoms in total. The minimum atomic E-state index is -0.940. The fraction of sp³-hybridized carbons (Fsp3) is 0.692. The Bertz CT molecular complexity index is 286. The number of carbonyl (C=O) groups is 2. The van der Waals surface area contributed by atoms with Crippen LogP contribution in [0.25, 0.3) is 0 Å². The maximum atomic E-state index is 12.1. The topological polar surface area (TPSA) is 43.4 Å². The Labute approximate surface area is 96.9 Å². The average Bonchev–Trinajstić information content (AvgIpc) is 2.23. The second kappa shape index (κ2) is 5.28. The lowest BCUT2D eigenvalue weighted by molar-refractivity contribution is -0.162. The maximum Gasteiger partial charge on any atom is 0.319 e. The average molecular weight is 224 g/mol. The van der Waals surface area contributed by atoms with E-state index in [1.54, 1.807) is 13.0 Å². The van der Waals surface area contributed by atoms with E-state index in [0.717, 1.165) is 6.42 Å². The fourth-order valence-corrected chi connectivity index (χ4v) is 2.28. The van der Waals surface area contributed by atoms with Gasteiger partial charge in [0.1, 0.15) is 5.41 Å². The van der Waals surface area contributed by atoms with Gasteiger partial charge in [0.2, 0.25) is 0 Å². The number of hydrogen-bond acceptors (Lipinski definition) is 3. The van der Waals surface area contributed by atoms with E-state index in [9.17, 15) is 9.59 Å². The third-order valence-electron chi connectivity index (χ3n) is 3.29. The van der Waals surface area contributed by atoms with Gasteiger partial charge in [0.15, 0.2) is 5.78 Å². The molecule has 2 atom stereocenters. The first-order chi connectivity index (χ1) is 7.56. The number of ether oxygens (including phenoxy) is 1. The van der Waals surface area contributed by atoms with Gasteiger partial charge >= 0.3 is 5.97 Å². The molecule has 0 aromatic rings. The van der Waals surface area contributed by atoms with Gasteiger partial charge in [0.05, 0.1) is 6.61 Å². The van der Waals surface area contributed by atoms with Gasteiger partial charge in [-0.1, -0.05) is 13.0 Å². The summed E-state index contributed by atoms with van der Waals surface area (Å²) in [5.41, 5.74) is -0.940. The van der Waals surface area contributed by atoms with Crippen LogP contribution in [0.4, 0.5) is 0 Å². The number of ketones is 1. The van der Waals surface area contributed by atoms with Crippen LogP contribution in [-0.4, -0.2) is 18.4 Å². The molecule has 0 heterocycles. The monoisotopic (exact) mass is 224 g/mol. The lowest BCUT2D eigenvalue weighted by atomic mass is 9.68. The number of Topliss-reactive ketones (excluding diaryl/α,β-unsaturated/α-hetero) is 1. The van der Waals surface area contributed by atoms with Crippen molar-refractivity contribution in [1.82, 2.24) is 0 Å². The highest BCUT2D eigenvalue weighted by Crippen LogP contribution is 2.40. The highest BCUT2D eigenvalue weighted by Gasteiger charge is 2.48.